The van der Waals surface area contributed by atoms with E-state index in [2.05, 4.69) is 25.9 Å². The molecule has 0 amide bonds. The first-order valence-electron chi connectivity index (χ1n) is 5.08. The summed E-state index contributed by atoms with van der Waals surface area (Å²) in [5.74, 6) is 0.617. The molecule has 2 unspecified atom stereocenters. The number of rotatable bonds is 2. The lowest BCUT2D eigenvalue weighted by atomic mass is 10.2. The highest BCUT2D eigenvalue weighted by Gasteiger charge is 2.16. The number of imidazole rings is 1. The SMILES string of the molecule is Cc1cc(Br)cc2[nH]c(C(N)C(C)O)nc12. The first kappa shape index (κ1) is 11.6. The number of aliphatic hydroxyl groups excluding tert-OH is 1. The Hall–Kier alpha value is -0.910. The van der Waals surface area contributed by atoms with Gasteiger partial charge in [-0.05, 0) is 31.5 Å². The Kier molecular flexibility index (Phi) is 3.01. The highest BCUT2D eigenvalue weighted by Crippen LogP contribution is 2.24. The molecule has 0 aliphatic heterocycles. The molecule has 4 nitrogen and oxygen atoms in total. The van der Waals surface area contributed by atoms with E-state index < -0.39 is 12.1 Å². The van der Waals surface area contributed by atoms with E-state index in [4.69, 9.17) is 5.73 Å². The van der Waals surface area contributed by atoms with Crippen molar-refractivity contribution < 1.29 is 5.11 Å². The van der Waals surface area contributed by atoms with E-state index in [0.717, 1.165) is 21.1 Å². The van der Waals surface area contributed by atoms with E-state index in [1.807, 2.05) is 19.1 Å². The zero-order chi connectivity index (χ0) is 11.9. The predicted molar refractivity (Wildman–Crippen MR) is 67.1 cm³/mol. The van der Waals surface area contributed by atoms with Gasteiger partial charge in [0.05, 0.1) is 23.2 Å². The van der Waals surface area contributed by atoms with Crippen molar-refractivity contribution in [2.24, 2.45) is 5.73 Å². The first-order chi connectivity index (χ1) is 7.49. The van der Waals surface area contributed by atoms with Crippen molar-refractivity contribution in [3.05, 3.63) is 28.0 Å². The molecule has 0 saturated heterocycles. The quantitative estimate of drug-likeness (QED) is 0.789. The van der Waals surface area contributed by atoms with E-state index in [-0.39, 0.29) is 0 Å². The lowest BCUT2D eigenvalue weighted by Gasteiger charge is -2.10. The van der Waals surface area contributed by atoms with Crippen LogP contribution in [0.15, 0.2) is 16.6 Å². The van der Waals surface area contributed by atoms with E-state index in [9.17, 15) is 5.11 Å². The molecule has 4 N–H and O–H groups in total. The van der Waals surface area contributed by atoms with Gasteiger partial charge in [0.25, 0.3) is 0 Å². The van der Waals surface area contributed by atoms with Gasteiger partial charge in [0.2, 0.25) is 0 Å². The summed E-state index contributed by atoms with van der Waals surface area (Å²) in [7, 11) is 0. The van der Waals surface area contributed by atoms with Crippen molar-refractivity contribution in [2.45, 2.75) is 26.0 Å². The number of hydrogen-bond acceptors (Lipinski definition) is 3. The van der Waals surface area contributed by atoms with Gasteiger partial charge in [0, 0.05) is 4.47 Å². The van der Waals surface area contributed by atoms with Crippen LogP contribution in [0.3, 0.4) is 0 Å². The van der Waals surface area contributed by atoms with E-state index in [0.29, 0.717) is 5.82 Å². The van der Waals surface area contributed by atoms with Crippen LogP contribution < -0.4 is 5.73 Å². The Morgan fingerprint density at radius 1 is 1.50 bits per heavy atom. The number of aryl methyl sites for hydroxylation is 1. The maximum atomic E-state index is 9.43. The third-order valence-corrected chi connectivity index (χ3v) is 3.05. The molecule has 1 heterocycles. The van der Waals surface area contributed by atoms with Crippen LogP contribution in [0, 0.1) is 6.92 Å². The minimum Gasteiger partial charge on any atom is -0.391 e. The summed E-state index contributed by atoms with van der Waals surface area (Å²) < 4.78 is 0.998. The number of H-pyrrole nitrogens is 1. The minimum absolute atomic E-state index is 0.481. The van der Waals surface area contributed by atoms with Gasteiger partial charge in [0.15, 0.2) is 0 Å². The summed E-state index contributed by atoms with van der Waals surface area (Å²) in [5.41, 5.74) is 8.73. The number of benzene rings is 1. The number of hydrogen-bond donors (Lipinski definition) is 3. The summed E-state index contributed by atoms with van der Waals surface area (Å²) in [6.07, 6.45) is -0.621. The van der Waals surface area contributed by atoms with Crippen molar-refractivity contribution in [3.63, 3.8) is 0 Å². The topological polar surface area (TPSA) is 74.9 Å². The van der Waals surface area contributed by atoms with Gasteiger partial charge in [0.1, 0.15) is 5.82 Å². The number of halogens is 1. The van der Waals surface area contributed by atoms with Crippen LogP contribution in [0.5, 0.6) is 0 Å². The zero-order valence-corrected chi connectivity index (χ0v) is 10.7. The summed E-state index contributed by atoms with van der Waals surface area (Å²) in [4.78, 5) is 7.55. The molecular weight excluding hydrogens is 270 g/mol. The van der Waals surface area contributed by atoms with E-state index in [1.165, 1.54) is 0 Å². The van der Waals surface area contributed by atoms with Gasteiger partial charge in [-0.15, -0.1) is 0 Å². The normalized spacial score (nSPS) is 15.3. The second-order valence-electron chi connectivity index (χ2n) is 4.01. The van der Waals surface area contributed by atoms with Gasteiger partial charge >= 0.3 is 0 Å². The number of nitrogens with two attached hydrogens (primary N) is 1. The number of fused-ring (bicyclic) bond motifs is 1. The Morgan fingerprint density at radius 3 is 2.81 bits per heavy atom. The molecule has 0 saturated carbocycles. The van der Waals surface area contributed by atoms with Crippen LogP contribution in [0.1, 0.15) is 24.4 Å². The zero-order valence-electron chi connectivity index (χ0n) is 9.16. The molecule has 1 aromatic carbocycles. The van der Waals surface area contributed by atoms with Crippen LogP contribution in [0.4, 0.5) is 0 Å². The highest BCUT2D eigenvalue weighted by molar-refractivity contribution is 9.10. The molecular formula is C11H14BrN3O. The number of aromatic nitrogens is 2. The number of aliphatic hydroxyl groups is 1. The third kappa shape index (κ3) is 1.98. The van der Waals surface area contributed by atoms with Crippen LogP contribution in [0.2, 0.25) is 0 Å². The van der Waals surface area contributed by atoms with Gasteiger partial charge in [-0.1, -0.05) is 15.9 Å². The Morgan fingerprint density at radius 2 is 2.19 bits per heavy atom. The number of nitrogens with one attached hydrogen (secondary N) is 1. The first-order valence-corrected chi connectivity index (χ1v) is 5.87. The molecule has 2 atom stereocenters. The molecule has 86 valence electrons. The number of aromatic amines is 1. The third-order valence-electron chi connectivity index (χ3n) is 2.60. The lowest BCUT2D eigenvalue weighted by Crippen LogP contribution is -2.24. The molecule has 0 bridgehead atoms. The fraction of sp³-hybridized carbons (Fsp3) is 0.364. The summed E-state index contributed by atoms with van der Waals surface area (Å²) >= 11 is 3.43. The second-order valence-corrected chi connectivity index (χ2v) is 4.92. The van der Waals surface area contributed by atoms with Crippen molar-refractivity contribution in [1.82, 2.24) is 9.97 Å². The van der Waals surface area contributed by atoms with Crippen LogP contribution in [-0.2, 0) is 0 Å². The molecule has 0 spiro atoms. The van der Waals surface area contributed by atoms with Gasteiger partial charge in [-0.25, -0.2) is 4.98 Å². The van der Waals surface area contributed by atoms with Crippen LogP contribution >= 0.6 is 15.9 Å². The summed E-state index contributed by atoms with van der Waals surface area (Å²) in [6.45, 7) is 3.65. The molecule has 1 aromatic heterocycles. The number of nitrogens with zero attached hydrogens (tertiary/aromatic N) is 1. The Bertz CT molecular complexity index is 521. The largest absolute Gasteiger partial charge is 0.391 e. The molecule has 16 heavy (non-hydrogen) atoms. The molecule has 0 fully saturated rings. The molecule has 2 aromatic rings. The summed E-state index contributed by atoms with van der Waals surface area (Å²) in [5, 5.41) is 9.43. The average molecular weight is 284 g/mol. The smallest absolute Gasteiger partial charge is 0.126 e. The Balaban J connectivity index is 2.56. The minimum atomic E-state index is -0.621. The molecule has 0 aliphatic rings. The molecule has 5 heteroatoms. The maximum absolute atomic E-state index is 9.43. The molecule has 2 rings (SSSR count). The van der Waals surface area contributed by atoms with Gasteiger partial charge in [-0.2, -0.15) is 0 Å². The molecule has 0 aliphatic carbocycles. The van der Waals surface area contributed by atoms with Crippen molar-refractivity contribution in [2.75, 3.05) is 0 Å². The predicted octanol–water partition coefficient (Wildman–Crippen LogP) is 2.01. The van der Waals surface area contributed by atoms with Gasteiger partial charge in [-0.3, -0.25) is 0 Å². The standard InChI is InChI=1S/C11H14BrN3O/c1-5-3-7(12)4-8-10(5)15-11(14-8)9(13)6(2)16/h3-4,6,9,16H,13H2,1-2H3,(H,14,15). The fourth-order valence-corrected chi connectivity index (χ4v) is 2.22. The van der Waals surface area contributed by atoms with Crippen LogP contribution in [-0.4, -0.2) is 21.2 Å². The fourth-order valence-electron chi connectivity index (χ4n) is 1.65. The summed E-state index contributed by atoms with van der Waals surface area (Å²) in [6, 6.07) is 3.47. The maximum Gasteiger partial charge on any atom is 0.126 e. The molecule has 0 radical (unpaired) electrons. The Labute approximate surface area is 102 Å². The van der Waals surface area contributed by atoms with E-state index >= 15 is 0 Å². The van der Waals surface area contributed by atoms with Crippen LogP contribution in [0.25, 0.3) is 11.0 Å². The second kappa shape index (κ2) is 4.16. The lowest BCUT2D eigenvalue weighted by molar-refractivity contribution is 0.161. The van der Waals surface area contributed by atoms with Gasteiger partial charge < -0.3 is 15.8 Å². The van der Waals surface area contributed by atoms with Crippen molar-refractivity contribution in [3.8, 4) is 0 Å². The highest BCUT2D eigenvalue weighted by atomic mass is 79.9. The average Bonchev–Trinajstić information content (AvgIpc) is 2.60. The monoisotopic (exact) mass is 283 g/mol. The van der Waals surface area contributed by atoms with Crippen molar-refractivity contribution in [1.29, 1.82) is 0 Å². The van der Waals surface area contributed by atoms with Crippen molar-refractivity contribution >= 4 is 27.0 Å². The van der Waals surface area contributed by atoms with E-state index in [1.54, 1.807) is 6.92 Å².